The van der Waals surface area contributed by atoms with E-state index in [1.165, 1.54) is 0 Å². The number of amides is 1. The van der Waals surface area contributed by atoms with E-state index in [4.69, 9.17) is 42.6 Å². The summed E-state index contributed by atoms with van der Waals surface area (Å²) in [6.45, 7) is 18.5. The molecule has 3 atom stereocenters. The van der Waals surface area contributed by atoms with Gasteiger partial charge in [-0.1, -0.05) is 85.5 Å². The van der Waals surface area contributed by atoms with Crippen LogP contribution in [0.25, 0.3) is 0 Å². The predicted octanol–water partition coefficient (Wildman–Crippen LogP) is 7.94. The number of ether oxygens (including phenoxy) is 4. The van der Waals surface area contributed by atoms with Crippen molar-refractivity contribution in [3.8, 4) is 0 Å². The van der Waals surface area contributed by atoms with Crippen LogP contribution in [0.15, 0.2) is 0 Å². The van der Waals surface area contributed by atoms with Crippen LogP contribution in [-0.4, -0.2) is 54.2 Å². The second-order valence-corrected chi connectivity index (χ2v) is 26.8. The molecule has 0 heterocycles. The Morgan fingerprint density at radius 2 is 1.22 bits per heavy atom. The second kappa shape index (κ2) is 21.7. The van der Waals surface area contributed by atoms with Crippen molar-refractivity contribution in [2.24, 2.45) is 11.8 Å². The molecule has 0 radical (unpaired) electrons. The van der Waals surface area contributed by atoms with Crippen molar-refractivity contribution in [1.29, 1.82) is 0 Å². The molecule has 0 aliphatic carbocycles. The van der Waals surface area contributed by atoms with Crippen LogP contribution in [-0.2, 0) is 47.4 Å². The van der Waals surface area contributed by atoms with E-state index in [9.17, 15) is 4.79 Å². The van der Waals surface area contributed by atoms with Gasteiger partial charge < -0.3 is 24.3 Å². The Hall–Kier alpha value is 2.01. The minimum atomic E-state index is -1.30. The monoisotopic (exact) mass is 659 g/mol. The molecule has 36 heavy (non-hydrogen) atoms. The number of rotatable bonds is 23. The fourth-order valence-electron chi connectivity index (χ4n) is 3.25. The zero-order chi connectivity index (χ0) is 27.6. The lowest BCUT2D eigenvalue weighted by Crippen LogP contribution is -2.33. The van der Waals surface area contributed by atoms with Gasteiger partial charge in [0, 0.05) is 50.9 Å². The van der Waals surface area contributed by atoms with E-state index >= 15 is 0 Å². The molecule has 0 bridgehead atoms. The molecule has 0 fully saturated rings. The normalized spacial score (nSPS) is 15.1. The van der Waals surface area contributed by atoms with E-state index in [0.717, 1.165) is 19.3 Å². The number of carbonyl (C=O) groups excluding carboxylic acids is 1. The van der Waals surface area contributed by atoms with E-state index in [0.29, 0.717) is 44.0 Å². The molecule has 0 aromatic carbocycles. The van der Waals surface area contributed by atoms with Gasteiger partial charge in [-0.15, -0.1) is 11.4 Å². The van der Waals surface area contributed by atoms with Gasteiger partial charge in [0.25, 0.3) is 0 Å². The van der Waals surface area contributed by atoms with Crippen LogP contribution in [0, 0.1) is 11.8 Å². The van der Waals surface area contributed by atoms with Gasteiger partial charge in [0.1, 0.15) is 0 Å². The maximum Gasteiger partial charge on any atom is 0.224 e. The van der Waals surface area contributed by atoms with Crippen LogP contribution in [0.2, 0.25) is 0 Å². The maximum absolute atomic E-state index is 13.1. The molecule has 216 valence electrons. The van der Waals surface area contributed by atoms with Crippen molar-refractivity contribution < 1.29 is 23.7 Å². The highest BCUT2D eigenvalue weighted by molar-refractivity contribution is 8.94. The molecule has 0 aromatic rings. The van der Waals surface area contributed by atoms with Crippen molar-refractivity contribution in [1.82, 2.24) is 5.32 Å². The SMILES string of the molecule is CCOC(CC)(OCC)S[PH](=S)SCNC(=O)C(CS[PH](=S)SC(CC)(OCC)OCC)CC(C)C. The molecule has 0 saturated carbocycles. The van der Waals surface area contributed by atoms with Crippen LogP contribution in [0.3, 0.4) is 0 Å². The molecule has 0 saturated heterocycles. The summed E-state index contributed by atoms with van der Waals surface area (Å²) < 4.78 is 23.7. The average Bonchev–Trinajstić information content (AvgIpc) is 2.81. The molecule has 14 heteroatoms. The Morgan fingerprint density at radius 1 is 0.806 bits per heavy atom. The molecule has 0 spiro atoms. The van der Waals surface area contributed by atoms with Crippen LogP contribution in [0.5, 0.6) is 0 Å². The van der Waals surface area contributed by atoms with Crippen molar-refractivity contribution >= 4 is 85.2 Å². The number of hydrogen-bond donors (Lipinski definition) is 1. The third-order valence-electron chi connectivity index (χ3n) is 4.77. The summed E-state index contributed by atoms with van der Waals surface area (Å²) in [4.78, 5) is 13.1. The second-order valence-electron chi connectivity index (χ2n) is 7.98. The minimum Gasteiger partial charge on any atom is -0.346 e. The van der Waals surface area contributed by atoms with Crippen LogP contribution < -0.4 is 5.32 Å². The third-order valence-corrected chi connectivity index (χ3v) is 20.6. The lowest BCUT2D eigenvalue weighted by atomic mass is 9.98. The summed E-state index contributed by atoms with van der Waals surface area (Å²) in [5, 5.41) is -0.864. The summed E-state index contributed by atoms with van der Waals surface area (Å²) in [5.74, 6) is 1.59. The summed E-state index contributed by atoms with van der Waals surface area (Å²) in [5.41, 5.74) is 0. The van der Waals surface area contributed by atoms with Gasteiger partial charge in [0.05, 0.1) is 16.1 Å². The van der Waals surface area contributed by atoms with Crippen molar-refractivity contribution in [2.75, 3.05) is 38.1 Å². The number of carbonyl (C=O) groups is 1. The summed E-state index contributed by atoms with van der Waals surface area (Å²) in [7, 11) is 0. The molecule has 6 nitrogen and oxygen atoms in total. The van der Waals surface area contributed by atoms with Gasteiger partial charge in [-0.05, 0) is 40.0 Å². The molecule has 3 unspecified atom stereocenters. The largest absolute Gasteiger partial charge is 0.346 e. The first kappa shape index (κ1) is 38.0. The van der Waals surface area contributed by atoms with Gasteiger partial charge in [-0.2, -0.15) is 0 Å². The Morgan fingerprint density at radius 3 is 1.58 bits per heavy atom. The molecule has 0 aliphatic heterocycles. The number of nitrogens with one attached hydrogen (secondary N) is 1. The van der Waals surface area contributed by atoms with Gasteiger partial charge in [-0.25, -0.2) is 0 Å². The fraction of sp³-hybridized carbons (Fsp3) is 0.955. The van der Waals surface area contributed by atoms with E-state index < -0.39 is 20.4 Å². The van der Waals surface area contributed by atoms with Gasteiger partial charge >= 0.3 is 0 Å². The quantitative estimate of drug-likeness (QED) is 0.0859. The van der Waals surface area contributed by atoms with Gasteiger partial charge in [-0.3, -0.25) is 4.79 Å². The lowest BCUT2D eigenvalue weighted by Gasteiger charge is -2.32. The summed E-state index contributed by atoms with van der Waals surface area (Å²) in [6, 6.07) is 0. The van der Waals surface area contributed by atoms with E-state index in [1.54, 1.807) is 45.5 Å². The van der Waals surface area contributed by atoms with Crippen LogP contribution in [0.4, 0.5) is 0 Å². The summed E-state index contributed by atoms with van der Waals surface area (Å²) >= 11 is 18.1. The molecule has 0 aromatic heterocycles. The fourth-order valence-corrected chi connectivity index (χ4v) is 18.8. The molecule has 1 N–H and O–H groups in total. The van der Waals surface area contributed by atoms with Crippen LogP contribution >= 0.6 is 55.7 Å². The smallest absolute Gasteiger partial charge is 0.224 e. The zero-order valence-electron chi connectivity index (χ0n) is 23.0. The highest BCUT2D eigenvalue weighted by atomic mass is 33.2. The van der Waals surface area contributed by atoms with Crippen LogP contribution in [0.1, 0.15) is 74.7 Å². The Balaban J connectivity index is 4.93. The standard InChI is InChI=1S/C22H47NO5P2S6/c1-9-21(25-11-3,26-12-4)35-29(31)33-16-19(15-18(7)8)20(24)23-17-34-30(32)36-22(10-2,27-13-5)28-14-6/h18-19,29-30H,9-17H2,1-8H3,(H,23,24). The average molecular weight is 660 g/mol. The van der Waals surface area contributed by atoms with E-state index in [1.807, 2.05) is 34.6 Å². The van der Waals surface area contributed by atoms with E-state index in [-0.39, 0.29) is 11.8 Å². The highest BCUT2D eigenvalue weighted by Crippen LogP contribution is 2.59. The molecular weight excluding hydrogens is 613 g/mol. The third kappa shape index (κ3) is 15.7. The first-order valence-corrected chi connectivity index (χ1v) is 24.4. The first-order chi connectivity index (χ1) is 17.1. The van der Waals surface area contributed by atoms with Gasteiger partial charge in [0.15, 0.2) is 0 Å². The van der Waals surface area contributed by atoms with Gasteiger partial charge in [0.2, 0.25) is 16.1 Å². The molecule has 0 rings (SSSR count). The van der Waals surface area contributed by atoms with Crippen molar-refractivity contribution in [3.63, 3.8) is 0 Å². The molecule has 0 aliphatic rings. The topological polar surface area (TPSA) is 66.0 Å². The minimum absolute atomic E-state index is 0.0704. The van der Waals surface area contributed by atoms with E-state index in [2.05, 4.69) is 26.1 Å². The first-order valence-electron chi connectivity index (χ1n) is 12.6. The summed E-state index contributed by atoms with van der Waals surface area (Å²) in [6.07, 6.45) is 2.27. The molecular formula is C22H47NO5P2S6. The molecule has 1 amide bonds. The lowest BCUT2D eigenvalue weighted by molar-refractivity contribution is -0.165. The predicted molar refractivity (Wildman–Crippen MR) is 175 cm³/mol. The van der Waals surface area contributed by atoms with Crippen molar-refractivity contribution in [3.05, 3.63) is 0 Å². The number of hydrogen-bond acceptors (Lipinski definition) is 11. The van der Waals surface area contributed by atoms with Crippen molar-refractivity contribution in [2.45, 2.75) is 84.9 Å². The Labute approximate surface area is 247 Å². The Kier molecular flexibility index (Phi) is 22.9. The highest BCUT2D eigenvalue weighted by Gasteiger charge is 2.33. The zero-order valence-corrected chi connectivity index (χ0v) is 29.9. The maximum atomic E-state index is 13.1. The Bertz CT molecular complexity index is 650.